The lowest BCUT2D eigenvalue weighted by atomic mass is 10.1. The first-order valence-electron chi connectivity index (χ1n) is 8.32. The molecule has 0 aliphatic carbocycles. The molecule has 0 bridgehead atoms. The van der Waals surface area contributed by atoms with Crippen molar-refractivity contribution >= 4 is 23.3 Å². The molecule has 8 nitrogen and oxygen atoms in total. The average Bonchev–Trinajstić information content (AvgIpc) is 3.17. The Bertz CT molecular complexity index is 924. The second-order valence-corrected chi connectivity index (χ2v) is 5.96. The number of rotatable bonds is 5. The van der Waals surface area contributed by atoms with Gasteiger partial charge in [0.2, 0.25) is 0 Å². The second-order valence-electron chi connectivity index (χ2n) is 5.96. The molecule has 0 aromatic heterocycles. The van der Waals surface area contributed by atoms with Crippen molar-refractivity contribution in [2.45, 2.75) is 13.3 Å². The van der Waals surface area contributed by atoms with Crippen molar-refractivity contribution in [1.82, 2.24) is 5.01 Å². The van der Waals surface area contributed by atoms with Crippen molar-refractivity contribution in [3.05, 3.63) is 75.3 Å². The Hall–Kier alpha value is -3.55. The molecule has 0 atom stereocenters. The lowest BCUT2D eigenvalue weighted by Crippen LogP contribution is -2.29. The third-order valence-electron chi connectivity index (χ3n) is 4.25. The fraction of sp³-hybridized carbons (Fsp3) is 0.211. The van der Waals surface area contributed by atoms with E-state index in [1.165, 1.54) is 30.1 Å². The standard InChI is InChI=1S/C19H17N3O5/c1-13-15(8-5-9-17(13)22(25)26)19(24)27-12-18(23)21-11-10-16(20-21)14-6-3-2-4-7-14/h2-9H,10-12H2,1H3. The van der Waals surface area contributed by atoms with E-state index in [4.69, 9.17) is 4.74 Å². The number of hydrazone groups is 1. The van der Waals surface area contributed by atoms with Crippen molar-refractivity contribution < 1.29 is 19.2 Å². The SMILES string of the molecule is Cc1c(C(=O)OCC(=O)N2CCC(c3ccccc3)=N2)cccc1[N+](=O)[O-]. The molecular weight excluding hydrogens is 350 g/mol. The van der Waals surface area contributed by atoms with Crippen LogP contribution in [0.1, 0.15) is 27.9 Å². The van der Waals surface area contributed by atoms with Crippen LogP contribution in [0.5, 0.6) is 0 Å². The normalized spacial score (nSPS) is 13.2. The van der Waals surface area contributed by atoms with Crippen LogP contribution in [-0.4, -0.2) is 40.7 Å². The first kappa shape index (κ1) is 18.2. The highest BCUT2D eigenvalue weighted by atomic mass is 16.6. The number of ether oxygens (including phenoxy) is 1. The van der Waals surface area contributed by atoms with Crippen LogP contribution in [0.4, 0.5) is 5.69 Å². The fourth-order valence-electron chi connectivity index (χ4n) is 2.79. The minimum absolute atomic E-state index is 0.0619. The number of carbonyl (C=O) groups is 2. The zero-order valence-electron chi connectivity index (χ0n) is 14.6. The molecule has 1 heterocycles. The monoisotopic (exact) mass is 367 g/mol. The lowest BCUT2D eigenvalue weighted by molar-refractivity contribution is -0.385. The van der Waals surface area contributed by atoms with Gasteiger partial charge in [0, 0.05) is 18.1 Å². The van der Waals surface area contributed by atoms with Crippen LogP contribution in [0.25, 0.3) is 0 Å². The molecule has 0 radical (unpaired) electrons. The van der Waals surface area contributed by atoms with E-state index >= 15 is 0 Å². The van der Waals surface area contributed by atoms with Crippen LogP contribution in [0.3, 0.4) is 0 Å². The van der Waals surface area contributed by atoms with Gasteiger partial charge < -0.3 is 4.74 Å². The molecule has 1 aliphatic heterocycles. The Morgan fingerprint density at radius 2 is 1.93 bits per heavy atom. The second kappa shape index (κ2) is 7.77. The van der Waals surface area contributed by atoms with Crippen molar-refractivity contribution in [1.29, 1.82) is 0 Å². The Labute approximate surface area is 155 Å². The first-order chi connectivity index (χ1) is 13.0. The highest BCUT2D eigenvalue weighted by Gasteiger charge is 2.24. The van der Waals surface area contributed by atoms with Crippen molar-refractivity contribution in [3.63, 3.8) is 0 Å². The fourth-order valence-corrected chi connectivity index (χ4v) is 2.79. The van der Waals surface area contributed by atoms with Crippen LogP contribution >= 0.6 is 0 Å². The van der Waals surface area contributed by atoms with Crippen LogP contribution in [0.15, 0.2) is 53.6 Å². The van der Waals surface area contributed by atoms with Crippen LogP contribution in [0, 0.1) is 17.0 Å². The molecule has 0 N–H and O–H groups in total. The summed E-state index contributed by atoms with van der Waals surface area (Å²) in [4.78, 5) is 34.8. The zero-order valence-corrected chi connectivity index (χ0v) is 14.6. The molecule has 1 aliphatic rings. The summed E-state index contributed by atoms with van der Waals surface area (Å²) in [5.41, 5.74) is 1.83. The summed E-state index contributed by atoms with van der Waals surface area (Å²) in [6.45, 7) is 1.40. The molecule has 1 amide bonds. The maximum Gasteiger partial charge on any atom is 0.339 e. The molecule has 8 heteroatoms. The van der Waals surface area contributed by atoms with Crippen molar-refractivity contribution in [3.8, 4) is 0 Å². The molecule has 0 unspecified atom stereocenters. The number of carbonyl (C=O) groups excluding carboxylic acids is 2. The summed E-state index contributed by atoms with van der Waals surface area (Å²) in [5, 5.41) is 16.5. The molecule has 0 fully saturated rings. The maximum absolute atomic E-state index is 12.3. The van der Waals surface area contributed by atoms with Gasteiger partial charge in [-0.3, -0.25) is 14.9 Å². The smallest absolute Gasteiger partial charge is 0.339 e. The summed E-state index contributed by atoms with van der Waals surface area (Å²) in [6.07, 6.45) is 0.619. The van der Waals surface area contributed by atoms with Gasteiger partial charge in [-0.05, 0) is 18.6 Å². The van der Waals surface area contributed by atoms with Crippen LogP contribution in [0.2, 0.25) is 0 Å². The summed E-state index contributed by atoms with van der Waals surface area (Å²) >= 11 is 0. The number of hydrogen-bond acceptors (Lipinski definition) is 6. The third kappa shape index (κ3) is 4.00. The van der Waals surface area contributed by atoms with Gasteiger partial charge in [-0.2, -0.15) is 5.10 Å². The van der Waals surface area contributed by atoms with Gasteiger partial charge in [0.1, 0.15) is 0 Å². The molecule has 27 heavy (non-hydrogen) atoms. The molecule has 2 aromatic rings. The lowest BCUT2D eigenvalue weighted by Gasteiger charge is -2.12. The zero-order chi connectivity index (χ0) is 19.4. The van der Waals surface area contributed by atoms with Gasteiger partial charge in [0.25, 0.3) is 11.6 Å². The Morgan fingerprint density at radius 3 is 2.63 bits per heavy atom. The van der Waals surface area contributed by atoms with Gasteiger partial charge >= 0.3 is 5.97 Å². The molecule has 138 valence electrons. The number of nitro groups is 1. The predicted molar refractivity (Wildman–Crippen MR) is 97.4 cm³/mol. The summed E-state index contributed by atoms with van der Waals surface area (Å²) in [6, 6.07) is 13.7. The van der Waals surface area contributed by atoms with E-state index in [-0.39, 0.29) is 16.8 Å². The largest absolute Gasteiger partial charge is 0.452 e. The van der Waals surface area contributed by atoms with Gasteiger partial charge in [0.05, 0.1) is 22.7 Å². The van der Waals surface area contributed by atoms with Crippen LogP contribution < -0.4 is 0 Å². The van der Waals surface area contributed by atoms with Crippen LogP contribution in [-0.2, 0) is 9.53 Å². The molecule has 3 rings (SSSR count). The van der Waals surface area contributed by atoms with Crippen molar-refractivity contribution in [2.24, 2.45) is 5.10 Å². The van der Waals surface area contributed by atoms with E-state index < -0.39 is 23.4 Å². The molecular formula is C19H17N3O5. The molecule has 0 saturated carbocycles. The van der Waals surface area contributed by atoms with E-state index in [1.54, 1.807) is 0 Å². The summed E-state index contributed by atoms with van der Waals surface area (Å²) in [5.74, 6) is -1.23. The van der Waals surface area contributed by atoms with E-state index in [1.807, 2.05) is 30.3 Å². The van der Waals surface area contributed by atoms with E-state index in [2.05, 4.69) is 5.10 Å². The summed E-state index contributed by atoms with van der Waals surface area (Å²) in [7, 11) is 0. The third-order valence-corrected chi connectivity index (χ3v) is 4.25. The number of hydrogen-bond donors (Lipinski definition) is 0. The van der Waals surface area contributed by atoms with E-state index in [0.29, 0.717) is 13.0 Å². The van der Waals surface area contributed by atoms with Gasteiger partial charge in [0.15, 0.2) is 6.61 Å². The highest BCUT2D eigenvalue weighted by molar-refractivity contribution is 6.02. The number of benzene rings is 2. The minimum atomic E-state index is -0.781. The van der Waals surface area contributed by atoms with Crippen molar-refractivity contribution in [2.75, 3.05) is 13.2 Å². The first-order valence-corrected chi connectivity index (χ1v) is 8.32. The average molecular weight is 367 g/mol. The highest BCUT2D eigenvalue weighted by Crippen LogP contribution is 2.22. The van der Waals surface area contributed by atoms with E-state index in [0.717, 1.165) is 11.3 Å². The van der Waals surface area contributed by atoms with Gasteiger partial charge in [-0.15, -0.1) is 0 Å². The maximum atomic E-state index is 12.3. The Kier molecular flexibility index (Phi) is 5.25. The molecule has 0 saturated heterocycles. The Balaban J connectivity index is 1.63. The minimum Gasteiger partial charge on any atom is -0.452 e. The van der Waals surface area contributed by atoms with E-state index in [9.17, 15) is 19.7 Å². The number of nitro benzene ring substituents is 1. The number of amides is 1. The predicted octanol–water partition coefficient (Wildman–Crippen LogP) is 2.70. The Morgan fingerprint density at radius 1 is 1.19 bits per heavy atom. The van der Waals surface area contributed by atoms with Gasteiger partial charge in [-0.25, -0.2) is 9.80 Å². The number of esters is 1. The van der Waals surface area contributed by atoms with Gasteiger partial charge in [-0.1, -0.05) is 36.4 Å². The molecule has 2 aromatic carbocycles. The quantitative estimate of drug-likeness (QED) is 0.459. The molecule has 0 spiro atoms. The number of nitrogens with zero attached hydrogens (tertiary/aromatic N) is 3. The summed E-state index contributed by atoms with van der Waals surface area (Å²) < 4.78 is 5.04. The topological polar surface area (TPSA) is 102 Å².